The van der Waals surface area contributed by atoms with Gasteiger partial charge in [-0.1, -0.05) is 30.0 Å². The van der Waals surface area contributed by atoms with Crippen molar-refractivity contribution in [2.75, 3.05) is 20.8 Å². The van der Waals surface area contributed by atoms with Crippen molar-refractivity contribution < 1.29 is 34.0 Å². The average Bonchev–Trinajstić information content (AvgIpc) is 3.09. The number of benzene rings is 2. The van der Waals surface area contributed by atoms with E-state index in [9.17, 15) is 19.8 Å². The SMILES string of the molecule is CCOC(=O)C1=C(O)/C(=C/c2cc(OC)c(O)c(OC)c2)SC1=NC(=O)c1ccccc1. The number of aliphatic hydroxyl groups is 1. The summed E-state index contributed by atoms with van der Waals surface area (Å²) in [7, 11) is 2.79. The first-order valence-electron chi connectivity index (χ1n) is 9.53. The molecule has 1 amide bonds. The van der Waals surface area contributed by atoms with Crippen LogP contribution in [0.15, 0.2) is 63.7 Å². The van der Waals surface area contributed by atoms with E-state index in [-0.39, 0.29) is 45.1 Å². The Morgan fingerprint density at radius 2 is 1.69 bits per heavy atom. The first kappa shape index (κ1) is 23.0. The fourth-order valence-corrected chi connectivity index (χ4v) is 3.89. The maximum Gasteiger partial charge on any atom is 0.344 e. The summed E-state index contributed by atoms with van der Waals surface area (Å²) in [4.78, 5) is 29.4. The largest absolute Gasteiger partial charge is 0.506 e. The molecule has 2 N–H and O–H groups in total. The number of aliphatic hydroxyl groups excluding tert-OH is 1. The van der Waals surface area contributed by atoms with Gasteiger partial charge in [-0.2, -0.15) is 0 Å². The Labute approximate surface area is 188 Å². The van der Waals surface area contributed by atoms with Crippen LogP contribution in [0.1, 0.15) is 22.8 Å². The number of esters is 1. The van der Waals surface area contributed by atoms with Crippen LogP contribution in [0.3, 0.4) is 0 Å². The lowest BCUT2D eigenvalue weighted by Crippen LogP contribution is -2.14. The Kier molecular flexibility index (Phi) is 7.21. The van der Waals surface area contributed by atoms with Crippen LogP contribution in [0.4, 0.5) is 0 Å². The second-order valence-corrected chi connectivity index (χ2v) is 7.45. The Bertz CT molecular complexity index is 1110. The molecule has 0 atom stereocenters. The van der Waals surface area contributed by atoms with Gasteiger partial charge in [0.1, 0.15) is 16.4 Å². The number of ether oxygens (including phenoxy) is 3. The molecule has 2 aromatic carbocycles. The first-order chi connectivity index (χ1) is 15.4. The quantitative estimate of drug-likeness (QED) is 0.626. The van der Waals surface area contributed by atoms with Gasteiger partial charge in [0, 0.05) is 5.56 Å². The Morgan fingerprint density at radius 3 is 2.25 bits per heavy atom. The summed E-state index contributed by atoms with van der Waals surface area (Å²) in [6.45, 7) is 1.72. The highest BCUT2D eigenvalue weighted by Crippen LogP contribution is 2.42. The van der Waals surface area contributed by atoms with Gasteiger partial charge in [-0.25, -0.2) is 9.79 Å². The zero-order valence-electron chi connectivity index (χ0n) is 17.6. The van der Waals surface area contributed by atoms with E-state index in [1.54, 1.807) is 43.3 Å². The third kappa shape index (κ3) is 4.78. The Morgan fingerprint density at radius 1 is 1.06 bits per heavy atom. The fourth-order valence-electron chi connectivity index (χ4n) is 2.88. The molecule has 0 radical (unpaired) electrons. The van der Waals surface area contributed by atoms with Crippen molar-refractivity contribution in [2.24, 2.45) is 4.99 Å². The van der Waals surface area contributed by atoms with Crippen molar-refractivity contribution in [3.63, 3.8) is 0 Å². The highest BCUT2D eigenvalue weighted by molar-refractivity contribution is 8.18. The lowest BCUT2D eigenvalue weighted by Gasteiger charge is -2.10. The molecule has 0 saturated carbocycles. The molecule has 166 valence electrons. The molecular weight excluding hydrogens is 434 g/mol. The second kappa shape index (κ2) is 10.1. The van der Waals surface area contributed by atoms with Gasteiger partial charge >= 0.3 is 5.97 Å². The second-order valence-electron chi connectivity index (χ2n) is 6.42. The predicted molar refractivity (Wildman–Crippen MR) is 121 cm³/mol. The number of methoxy groups -OCH3 is 2. The summed E-state index contributed by atoms with van der Waals surface area (Å²) in [5, 5.41) is 20.9. The number of rotatable bonds is 6. The number of hydrogen-bond donors (Lipinski definition) is 2. The molecule has 8 nitrogen and oxygen atoms in total. The molecule has 1 aliphatic heterocycles. The molecule has 9 heteroatoms. The maximum absolute atomic E-state index is 12.6. The fraction of sp³-hybridized carbons (Fsp3) is 0.174. The van der Waals surface area contributed by atoms with Crippen molar-refractivity contribution >= 4 is 34.8 Å². The number of phenols is 1. The third-order valence-electron chi connectivity index (χ3n) is 4.39. The molecule has 1 heterocycles. The van der Waals surface area contributed by atoms with Gasteiger partial charge in [0.05, 0.1) is 25.7 Å². The smallest absolute Gasteiger partial charge is 0.344 e. The Hall–Kier alpha value is -3.72. The Balaban J connectivity index is 2.06. The highest BCUT2D eigenvalue weighted by atomic mass is 32.2. The molecule has 1 aliphatic rings. The first-order valence-corrected chi connectivity index (χ1v) is 10.3. The topological polar surface area (TPSA) is 115 Å². The number of phenolic OH excluding ortho intramolecular Hbond substituents is 1. The van der Waals surface area contributed by atoms with E-state index >= 15 is 0 Å². The standard InChI is InChI=1S/C23H21NO7S/c1-4-31-23(28)18-20(26)17(12-13-10-15(29-2)19(25)16(11-13)30-3)32-22(18)24-21(27)14-8-6-5-7-9-14/h5-12,25-26H,4H2,1-3H3/b17-12-,24-22?. The summed E-state index contributed by atoms with van der Waals surface area (Å²) >= 11 is 0.951. The lowest BCUT2D eigenvalue weighted by atomic mass is 10.1. The summed E-state index contributed by atoms with van der Waals surface area (Å²) in [5.74, 6) is -1.54. The van der Waals surface area contributed by atoms with Crippen molar-refractivity contribution in [3.8, 4) is 17.2 Å². The van der Waals surface area contributed by atoms with Crippen molar-refractivity contribution in [1.82, 2.24) is 0 Å². The van der Waals surface area contributed by atoms with Crippen molar-refractivity contribution in [2.45, 2.75) is 6.92 Å². The average molecular weight is 455 g/mol. The van der Waals surface area contributed by atoms with Gasteiger partial charge in [0.2, 0.25) is 5.75 Å². The molecule has 0 bridgehead atoms. The molecule has 0 spiro atoms. The molecule has 0 saturated heterocycles. The molecule has 32 heavy (non-hydrogen) atoms. The highest BCUT2D eigenvalue weighted by Gasteiger charge is 2.34. The molecule has 3 rings (SSSR count). The van der Waals surface area contributed by atoms with Gasteiger partial charge in [0.25, 0.3) is 5.91 Å². The van der Waals surface area contributed by atoms with E-state index in [1.165, 1.54) is 26.4 Å². The maximum atomic E-state index is 12.6. The minimum absolute atomic E-state index is 0.0266. The minimum Gasteiger partial charge on any atom is -0.506 e. The van der Waals surface area contributed by atoms with Gasteiger partial charge in [-0.05, 0) is 42.8 Å². The van der Waals surface area contributed by atoms with Gasteiger partial charge in [-0.3, -0.25) is 4.79 Å². The molecular formula is C23H21NO7S. The number of amides is 1. The van der Waals surface area contributed by atoms with Gasteiger partial charge in [0.15, 0.2) is 11.5 Å². The molecule has 2 aromatic rings. The van der Waals surface area contributed by atoms with Crippen LogP contribution in [-0.4, -0.2) is 48.0 Å². The predicted octanol–water partition coefficient (Wildman–Crippen LogP) is 4.11. The monoisotopic (exact) mass is 455 g/mol. The van der Waals surface area contributed by atoms with E-state index in [0.29, 0.717) is 11.1 Å². The van der Waals surface area contributed by atoms with Gasteiger partial charge < -0.3 is 24.4 Å². The van der Waals surface area contributed by atoms with E-state index in [0.717, 1.165) is 11.8 Å². The summed E-state index contributed by atoms with van der Waals surface area (Å²) in [6.07, 6.45) is 1.55. The van der Waals surface area contributed by atoms with Crippen LogP contribution in [0.2, 0.25) is 0 Å². The summed E-state index contributed by atoms with van der Waals surface area (Å²) in [6, 6.07) is 11.4. The van der Waals surface area contributed by atoms with Crippen molar-refractivity contribution in [3.05, 3.63) is 69.8 Å². The van der Waals surface area contributed by atoms with Crippen LogP contribution in [0.5, 0.6) is 17.2 Å². The van der Waals surface area contributed by atoms with E-state index in [4.69, 9.17) is 14.2 Å². The summed E-state index contributed by atoms with van der Waals surface area (Å²) in [5.41, 5.74) is 0.670. The molecule has 0 aliphatic carbocycles. The minimum atomic E-state index is -0.790. The van der Waals surface area contributed by atoms with Crippen LogP contribution < -0.4 is 9.47 Å². The van der Waals surface area contributed by atoms with Gasteiger partial charge in [-0.15, -0.1) is 0 Å². The van der Waals surface area contributed by atoms with Crippen LogP contribution in [0.25, 0.3) is 6.08 Å². The lowest BCUT2D eigenvalue weighted by molar-refractivity contribution is -0.138. The number of carbonyl (C=O) groups excluding carboxylic acids is 2. The van der Waals surface area contributed by atoms with Crippen LogP contribution in [-0.2, 0) is 9.53 Å². The van der Waals surface area contributed by atoms with Crippen molar-refractivity contribution in [1.29, 1.82) is 0 Å². The molecule has 0 fully saturated rings. The zero-order valence-corrected chi connectivity index (χ0v) is 18.4. The van der Waals surface area contributed by atoms with Crippen LogP contribution in [0, 0.1) is 0 Å². The summed E-state index contributed by atoms with van der Waals surface area (Å²) < 4.78 is 15.3. The third-order valence-corrected chi connectivity index (χ3v) is 5.41. The number of aromatic hydroxyl groups is 1. The van der Waals surface area contributed by atoms with E-state index < -0.39 is 11.9 Å². The number of aliphatic imine (C=N–C) groups is 1. The number of nitrogens with zero attached hydrogens (tertiary/aromatic N) is 1. The van der Waals surface area contributed by atoms with Crippen LogP contribution >= 0.6 is 11.8 Å². The van der Waals surface area contributed by atoms with E-state index in [1.807, 2.05) is 0 Å². The number of thioether (sulfide) groups is 1. The normalized spacial score (nSPS) is 15.8. The van der Waals surface area contributed by atoms with E-state index in [2.05, 4.69) is 4.99 Å². The molecule has 0 aromatic heterocycles. The number of hydrogen-bond acceptors (Lipinski definition) is 8. The zero-order chi connectivity index (χ0) is 23.3. The number of carbonyl (C=O) groups is 2. The molecule has 0 unspecified atom stereocenters.